The Morgan fingerprint density at radius 2 is 1.91 bits per heavy atom. The molecule has 0 saturated heterocycles. The maximum atomic E-state index is 12.5. The van der Waals surface area contributed by atoms with Crippen molar-refractivity contribution in [1.82, 2.24) is 0 Å². The second-order valence-corrected chi connectivity index (χ2v) is 7.03. The molecule has 1 aliphatic heterocycles. The molecule has 0 fully saturated rings. The minimum absolute atomic E-state index is 0.0354. The molecule has 1 amide bonds. The van der Waals surface area contributed by atoms with E-state index in [4.69, 9.17) is 9.47 Å². The highest BCUT2D eigenvalue weighted by Crippen LogP contribution is 2.37. The quantitative estimate of drug-likeness (QED) is 0.635. The lowest BCUT2D eigenvalue weighted by atomic mass is 10.1. The highest BCUT2D eigenvalue weighted by atomic mass is 32.2. The number of para-hydroxylation sites is 1. The Morgan fingerprint density at radius 3 is 2.68 bits per heavy atom. The molecule has 0 aromatic heterocycles. The minimum Gasteiger partial charge on any atom is -0.489 e. The molecule has 22 heavy (non-hydrogen) atoms. The third kappa shape index (κ3) is 3.10. The first-order valence-corrected chi connectivity index (χ1v) is 7.89. The molecule has 0 saturated carbocycles. The van der Waals surface area contributed by atoms with E-state index in [2.05, 4.69) is 0 Å². The zero-order chi connectivity index (χ0) is 15.6. The zero-order valence-corrected chi connectivity index (χ0v) is 13.4. The highest BCUT2D eigenvalue weighted by Gasteiger charge is 2.33. The fraction of sp³-hybridized carbons (Fsp3) is 0.235. The normalized spacial score (nSPS) is 13.4. The topological polar surface area (TPSA) is 35.5 Å². The third-order valence-corrected chi connectivity index (χ3v) is 4.48. The van der Waals surface area contributed by atoms with E-state index in [1.54, 1.807) is 6.07 Å². The van der Waals surface area contributed by atoms with Gasteiger partial charge < -0.3 is 9.47 Å². The van der Waals surface area contributed by atoms with Crippen molar-refractivity contribution in [1.29, 1.82) is 0 Å². The van der Waals surface area contributed by atoms with Crippen molar-refractivity contribution < 1.29 is 18.2 Å². The fourth-order valence-electron chi connectivity index (χ4n) is 2.25. The standard InChI is InChI=1S/C17H18NO3S/c1-18(2,22-14-8-4-3-5-9-14)17(19)21-15-10-6-7-13-11-12-20-16(13)15/h3-10H,11-12H2,1-2H3/q+1. The largest absolute Gasteiger partial charge is 0.533 e. The van der Waals surface area contributed by atoms with Crippen LogP contribution >= 0.6 is 11.9 Å². The predicted molar refractivity (Wildman–Crippen MR) is 86.1 cm³/mol. The Morgan fingerprint density at radius 1 is 1.14 bits per heavy atom. The van der Waals surface area contributed by atoms with Crippen molar-refractivity contribution in [3.05, 3.63) is 54.1 Å². The number of amides is 1. The van der Waals surface area contributed by atoms with Gasteiger partial charge in [0.15, 0.2) is 11.5 Å². The van der Waals surface area contributed by atoms with Gasteiger partial charge in [-0.05, 0) is 18.2 Å². The summed E-state index contributed by atoms with van der Waals surface area (Å²) in [4.78, 5) is 13.5. The summed E-state index contributed by atoms with van der Waals surface area (Å²) >= 11 is 1.43. The summed E-state index contributed by atoms with van der Waals surface area (Å²) in [6.45, 7) is 0.640. The van der Waals surface area contributed by atoms with Gasteiger partial charge in [-0.1, -0.05) is 30.3 Å². The van der Waals surface area contributed by atoms with Crippen molar-refractivity contribution in [3.63, 3.8) is 0 Å². The van der Waals surface area contributed by atoms with Gasteiger partial charge in [0.1, 0.15) is 11.9 Å². The minimum atomic E-state index is -0.335. The molecule has 1 heterocycles. The van der Waals surface area contributed by atoms with Crippen molar-refractivity contribution in [3.8, 4) is 11.5 Å². The SMILES string of the molecule is C[N+](C)(Sc1ccccc1)C(=O)Oc1cccc2c1OCC2. The molecular weight excluding hydrogens is 298 g/mol. The Kier molecular flexibility index (Phi) is 4.09. The Hall–Kier alpha value is -1.98. The molecule has 4 nitrogen and oxygen atoms in total. The van der Waals surface area contributed by atoms with Crippen LogP contribution < -0.4 is 9.47 Å². The van der Waals surface area contributed by atoms with Crippen molar-refractivity contribution in [2.45, 2.75) is 11.3 Å². The van der Waals surface area contributed by atoms with Crippen molar-refractivity contribution in [2.75, 3.05) is 20.7 Å². The van der Waals surface area contributed by atoms with E-state index >= 15 is 0 Å². The molecule has 0 N–H and O–H groups in total. The lowest BCUT2D eigenvalue weighted by Gasteiger charge is -2.22. The number of nitrogens with zero attached hydrogens (tertiary/aromatic N) is 1. The fourth-order valence-corrected chi connectivity index (χ4v) is 3.17. The van der Waals surface area contributed by atoms with E-state index in [1.807, 2.05) is 56.6 Å². The summed E-state index contributed by atoms with van der Waals surface area (Å²) < 4.78 is 11.2. The molecule has 2 aromatic carbocycles. The molecule has 0 aliphatic carbocycles. The van der Waals surface area contributed by atoms with Gasteiger partial charge in [0, 0.05) is 12.0 Å². The van der Waals surface area contributed by atoms with E-state index in [-0.39, 0.29) is 9.98 Å². The summed E-state index contributed by atoms with van der Waals surface area (Å²) in [5.41, 5.74) is 1.09. The summed E-state index contributed by atoms with van der Waals surface area (Å²) in [5, 5.41) is 0. The number of fused-ring (bicyclic) bond motifs is 1. The molecule has 1 aliphatic rings. The predicted octanol–water partition coefficient (Wildman–Crippen LogP) is 3.90. The number of hydrogen-bond donors (Lipinski definition) is 0. The molecule has 0 spiro atoms. The van der Waals surface area contributed by atoms with Crippen LogP contribution in [0.15, 0.2) is 53.4 Å². The summed E-state index contributed by atoms with van der Waals surface area (Å²) in [7, 11) is 3.62. The molecule has 0 unspecified atom stereocenters. The first-order valence-electron chi connectivity index (χ1n) is 7.12. The van der Waals surface area contributed by atoms with E-state index in [0.29, 0.717) is 18.1 Å². The summed E-state index contributed by atoms with van der Waals surface area (Å²) in [6.07, 6.45) is 0.523. The van der Waals surface area contributed by atoms with Crippen molar-refractivity contribution >= 4 is 18.0 Å². The molecule has 0 bridgehead atoms. The van der Waals surface area contributed by atoms with Gasteiger partial charge in [-0.25, -0.2) is 0 Å². The van der Waals surface area contributed by atoms with Crippen LogP contribution in [0.4, 0.5) is 4.79 Å². The number of rotatable bonds is 3. The smallest absolute Gasteiger partial charge is 0.489 e. The van der Waals surface area contributed by atoms with Gasteiger partial charge in [0.2, 0.25) is 0 Å². The van der Waals surface area contributed by atoms with Gasteiger partial charge in [-0.3, -0.25) is 0 Å². The molecule has 0 radical (unpaired) electrons. The lowest BCUT2D eigenvalue weighted by Crippen LogP contribution is -2.40. The van der Waals surface area contributed by atoms with Crippen LogP contribution in [0.5, 0.6) is 11.5 Å². The monoisotopic (exact) mass is 316 g/mol. The van der Waals surface area contributed by atoms with E-state index in [1.165, 1.54) is 11.9 Å². The number of ether oxygens (including phenoxy) is 2. The number of carbonyl (C=O) groups is 1. The Bertz CT molecular complexity index is 686. The average Bonchev–Trinajstić information content (AvgIpc) is 2.97. The first kappa shape index (κ1) is 14.9. The molecule has 3 rings (SSSR count). The van der Waals surface area contributed by atoms with Gasteiger partial charge in [0.05, 0.1) is 25.6 Å². The lowest BCUT2D eigenvalue weighted by molar-refractivity contribution is -0.668. The van der Waals surface area contributed by atoms with Crippen LogP contribution in [0.25, 0.3) is 0 Å². The van der Waals surface area contributed by atoms with Gasteiger partial charge in [-0.2, -0.15) is 8.68 Å². The van der Waals surface area contributed by atoms with Crippen LogP contribution in [0.3, 0.4) is 0 Å². The van der Waals surface area contributed by atoms with Gasteiger partial charge in [-0.15, -0.1) is 0 Å². The number of benzene rings is 2. The molecule has 5 heteroatoms. The first-order chi connectivity index (χ1) is 10.6. The average molecular weight is 316 g/mol. The number of hydrogen-bond acceptors (Lipinski definition) is 4. The summed E-state index contributed by atoms with van der Waals surface area (Å²) in [5.74, 6) is 1.19. The van der Waals surface area contributed by atoms with Crippen molar-refractivity contribution in [2.24, 2.45) is 0 Å². The van der Waals surface area contributed by atoms with E-state index < -0.39 is 0 Å². The number of quaternary nitrogens is 1. The van der Waals surface area contributed by atoms with Crippen LogP contribution in [0.1, 0.15) is 5.56 Å². The summed E-state index contributed by atoms with van der Waals surface area (Å²) in [6, 6.07) is 15.5. The maximum absolute atomic E-state index is 12.5. The Balaban J connectivity index is 1.75. The second-order valence-electron chi connectivity index (χ2n) is 5.47. The van der Waals surface area contributed by atoms with Gasteiger partial charge >= 0.3 is 6.09 Å². The molecule has 114 valence electrons. The van der Waals surface area contributed by atoms with Crippen LogP contribution in [-0.4, -0.2) is 30.7 Å². The molecule has 0 atom stereocenters. The van der Waals surface area contributed by atoms with Crippen LogP contribution in [0.2, 0.25) is 0 Å². The van der Waals surface area contributed by atoms with Gasteiger partial charge in [0.25, 0.3) is 0 Å². The molecule has 2 aromatic rings. The highest BCUT2D eigenvalue weighted by molar-refractivity contribution is 7.94. The maximum Gasteiger partial charge on any atom is 0.533 e. The number of carbonyl (C=O) groups excluding carboxylic acids is 1. The van der Waals surface area contributed by atoms with Crippen LogP contribution in [0, 0.1) is 0 Å². The third-order valence-electron chi connectivity index (χ3n) is 3.39. The Labute approximate surface area is 134 Å². The molecular formula is C17H18NO3S+. The second kappa shape index (κ2) is 6.02. The zero-order valence-electron chi connectivity index (χ0n) is 12.6. The van der Waals surface area contributed by atoms with Crippen LogP contribution in [-0.2, 0) is 6.42 Å². The van der Waals surface area contributed by atoms with E-state index in [9.17, 15) is 4.79 Å². The van der Waals surface area contributed by atoms with E-state index in [0.717, 1.165) is 16.9 Å².